The quantitative estimate of drug-likeness (QED) is 0.164. The highest BCUT2D eigenvalue weighted by molar-refractivity contribution is 6.07. The van der Waals surface area contributed by atoms with E-state index in [0.717, 1.165) is 22.4 Å². The van der Waals surface area contributed by atoms with Crippen LogP contribution < -0.4 is 19.9 Å². The Hall–Kier alpha value is -4.99. The van der Waals surface area contributed by atoms with Gasteiger partial charge in [0.2, 0.25) is 16.4 Å². The van der Waals surface area contributed by atoms with E-state index in [4.69, 9.17) is 14.1 Å². The minimum absolute atomic E-state index is 0.263. The van der Waals surface area contributed by atoms with Crippen molar-refractivity contribution in [2.24, 2.45) is 5.41 Å². The lowest BCUT2D eigenvalue weighted by molar-refractivity contribution is -0.0243. The summed E-state index contributed by atoms with van der Waals surface area (Å²) in [6.07, 6.45) is 1.78. The first kappa shape index (κ1) is 32.0. The highest BCUT2D eigenvalue weighted by atomic mass is 28.2. The second kappa shape index (κ2) is 12.7. The molecule has 1 aliphatic rings. The standard InChI is InChI=1S/C38H38N5O3Si/c1-36(2,3)38(28-15-9-6-10-16-28,29-17-11-7-12-18-29)37(4,46-47)43-33-27(25-39-34(41-33)40-30-19-13-8-14-20-30)26-42(35(43)44)31-21-23-32(45-5)24-22-31/h6-25H,26H2,1-5H3,(H,39,40,41)/t37-/m0/s1. The van der Waals surface area contributed by atoms with Crippen molar-refractivity contribution < 1.29 is 14.0 Å². The average molecular weight is 641 g/mol. The van der Waals surface area contributed by atoms with Gasteiger partial charge in [-0.25, -0.2) is 14.7 Å². The molecule has 8 nitrogen and oxygen atoms in total. The fraction of sp³-hybridized carbons (Fsp3) is 0.237. The average Bonchev–Trinajstić information content (AvgIpc) is 3.09. The lowest BCUT2D eigenvalue weighted by Crippen LogP contribution is -2.71. The normalized spacial score (nSPS) is 14.7. The van der Waals surface area contributed by atoms with E-state index in [1.807, 2.05) is 97.9 Å². The number of anilines is 4. The summed E-state index contributed by atoms with van der Waals surface area (Å²) in [5, 5.41) is 3.31. The van der Waals surface area contributed by atoms with Crippen LogP contribution in [-0.4, -0.2) is 39.3 Å². The number of carbonyl (C=O) groups excluding carboxylic acids is 1. The number of rotatable bonds is 9. The molecule has 47 heavy (non-hydrogen) atoms. The van der Waals surface area contributed by atoms with E-state index in [0.29, 0.717) is 23.2 Å². The molecule has 0 bridgehead atoms. The van der Waals surface area contributed by atoms with Gasteiger partial charge in [0, 0.05) is 23.1 Å². The van der Waals surface area contributed by atoms with Gasteiger partial charge >= 0.3 is 6.03 Å². The minimum atomic E-state index is -1.40. The molecule has 1 atom stereocenters. The van der Waals surface area contributed by atoms with Crippen LogP contribution in [0.5, 0.6) is 5.75 Å². The lowest BCUT2D eigenvalue weighted by Gasteiger charge is -2.60. The number of urea groups is 1. The van der Waals surface area contributed by atoms with Gasteiger partial charge in [-0.3, -0.25) is 4.90 Å². The maximum atomic E-state index is 15.2. The van der Waals surface area contributed by atoms with Crippen molar-refractivity contribution in [3.63, 3.8) is 0 Å². The first-order chi connectivity index (χ1) is 22.6. The summed E-state index contributed by atoms with van der Waals surface area (Å²) >= 11 is 0. The molecule has 0 aliphatic carbocycles. The minimum Gasteiger partial charge on any atom is -0.497 e. The summed E-state index contributed by atoms with van der Waals surface area (Å²) in [6, 6.07) is 37.3. The van der Waals surface area contributed by atoms with Gasteiger partial charge in [-0.1, -0.05) is 99.6 Å². The number of para-hydroxylation sites is 1. The third-order valence-electron chi connectivity index (χ3n) is 9.08. The summed E-state index contributed by atoms with van der Waals surface area (Å²) in [6.45, 7) is 8.75. The summed E-state index contributed by atoms with van der Waals surface area (Å²) in [5.41, 5.74) is 1.39. The fourth-order valence-electron chi connectivity index (χ4n) is 7.14. The Bertz CT molecular complexity index is 1790. The number of ether oxygens (including phenoxy) is 1. The van der Waals surface area contributed by atoms with E-state index in [2.05, 4.69) is 65.8 Å². The van der Waals surface area contributed by atoms with Crippen LogP contribution in [-0.2, 0) is 16.4 Å². The van der Waals surface area contributed by atoms with Gasteiger partial charge in [-0.2, -0.15) is 4.98 Å². The van der Waals surface area contributed by atoms with Crippen molar-refractivity contribution in [1.82, 2.24) is 9.97 Å². The number of benzene rings is 4. The zero-order valence-electron chi connectivity index (χ0n) is 27.3. The largest absolute Gasteiger partial charge is 0.497 e. The molecule has 0 saturated carbocycles. The Kier molecular flexibility index (Phi) is 8.61. The van der Waals surface area contributed by atoms with Crippen molar-refractivity contribution in [3.8, 4) is 5.75 Å². The molecule has 2 amide bonds. The van der Waals surface area contributed by atoms with Gasteiger partial charge in [0.25, 0.3) is 0 Å². The summed E-state index contributed by atoms with van der Waals surface area (Å²) < 4.78 is 12.0. The molecular weight excluding hydrogens is 603 g/mol. The van der Waals surface area contributed by atoms with E-state index in [9.17, 15) is 0 Å². The molecule has 2 heterocycles. The Morgan fingerprint density at radius 2 is 1.34 bits per heavy atom. The number of nitrogens with zero attached hydrogens (tertiary/aromatic N) is 4. The molecule has 5 aromatic rings. The van der Waals surface area contributed by atoms with Gasteiger partial charge in [0.1, 0.15) is 11.6 Å². The Morgan fingerprint density at radius 3 is 1.85 bits per heavy atom. The zero-order valence-corrected chi connectivity index (χ0v) is 28.3. The van der Waals surface area contributed by atoms with Gasteiger partial charge < -0.3 is 14.5 Å². The molecule has 237 valence electrons. The molecule has 4 aromatic carbocycles. The third-order valence-corrected chi connectivity index (χ3v) is 9.48. The maximum absolute atomic E-state index is 15.2. The number of hydrogen-bond acceptors (Lipinski definition) is 6. The van der Waals surface area contributed by atoms with Crippen LogP contribution in [0.4, 0.5) is 27.9 Å². The molecule has 1 N–H and O–H groups in total. The number of methoxy groups -OCH3 is 1. The molecule has 0 unspecified atom stereocenters. The van der Waals surface area contributed by atoms with Crippen LogP contribution in [0, 0.1) is 5.41 Å². The third kappa shape index (κ3) is 5.45. The molecule has 0 fully saturated rings. The summed E-state index contributed by atoms with van der Waals surface area (Å²) in [5.74, 6) is 1.51. The van der Waals surface area contributed by atoms with E-state index in [-0.39, 0.29) is 12.6 Å². The van der Waals surface area contributed by atoms with Crippen molar-refractivity contribution in [2.45, 2.75) is 45.4 Å². The van der Waals surface area contributed by atoms with E-state index >= 15 is 4.79 Å². The van der Waals surface area contributed by atoms with Crippen LogP contribution in [0.3, 0.4) is 0 Å². The molecule has 1 aliphatic heterocycles. The first-order valence-corrected chi connectivity index (χ1v) is 15.9. The molecule has 1 aromatic heterocycles. The zero-order chi connectivity index (χ0) is 33.2. The summed E-state index contributed by atoms with van der Waals surface area (Å²) in [7, 11) is 5.18. The second-order valence-electron chi connectivity index (χ2n) is 12.8. The second-order valence-corrected chi connectivity index (χ2v) is 13.0. The van der Waals surface area contributed by atoms with E-state index in [1.165, 1.54) is 0 Å². The molecule has 6 rings (SSSR count). The van der Waals surface area contributed by atoms with Gasteiger partial charge in [0.05, 0.1) is 19.1 Å². The lowest BCUT2D eigenvalue weighted by atomic mass is 9.53. The number of fused-ring (bicyclic) bond motifs is 1. The van der Waals surface area contributed by atoms with Crippen LogP contribution in [0.15, 0.2) is 121 Å². The van der Waals surface area contributed by atoms with Gasteiger partial charge in [0.15, 0.2) is 5.72 Å². The van der Waals surface area contributed by atoms with Crippen LogP contribution in [0.2, 0.25) is 0 Å². The Balaban J connectivity index is 1.63. The smallest absolute Gasteiger partial charge is 0.332 e. The number of carbonyl (C=O) groups is 1. The van der Waals surface area contributed by atoms with Gasteiger partial charge in [-0.15, -0.1) is 0 Å². The van der Waals surface area contributed by atoms with Crippen molar-refractivity contribution in [2.75, 3.05) is 22.2 Å². The summed E-state index contributed by atoms with van der Waals surface area (Å²) in [4.78, 5) is 28.3. The molecule has 0 spiro atoms. The van der Waals surface area contributed by atoms with Crippen molar-refractivity contribution in [1.29, 1.82) is 0 Å². The fourth-order valence-corrected chi connectivity index (χ4v) is 7.39. The SMILES string of the molecule is COc1ccc(N2Cc3cnc(Nc4ccccc4)nc3N([C@@](C)(O[Si])C(c3ccccc3)(c3ccccc3)C(C)(C)C)C2=O)cc1. The van der Waals surface area contributed by atoms with Crippen LogP contribution in [0.1, 0.15) is 44.4 Å². The van der Waals surface area contributed by atoms with E-state index in [1.54, 1.807) is 23.1 Å². The monoisotopic (exact) mass is 640 g/mol. The Labute approximate surface area is 279 Å². The predicted octanol–water partition coefficient (Wildman–Crippen LogP) is 8.02. The highest BCUT2D eigenvalue weighted by Crippen LogP contribution is 2.57. The Morgan fingerprint density at radius 1 is 0.787 bits per heavy atom. The molecule has 9 heteroatoms. The maximum Gasteiger partial charge on any atom is 0.332 e. The van der Waals surface area contributed by atoms with Crippen LogP contribution in [0.25, 0.3) is 0 Å². The number of nitrogens with one attached hydrogen (secondary N) is 1. The molecule has 0 saturated heterocycles. The number of aromatic nitrogens is 2. The van der Waals surface area contributed by atoms with Crippen molar-refractivity contribution >= 4 is 39.7 Å². The van der Waals surface area contributed by atoms with E-state index < -0.39 is 16.6 Å². The first-order valence-electron chi connectivity index (χ1n) is 15.5. The number of amides is 2. The predicted molar refractivity (Wildman–Crippen MR) is 187 cm³/mol. The topological polar surface area (TPSA) is 79.8 Å². The van der Waals surface area contributed by atoms with Crippen LogP contribution >= 0.6 is 0 Å². The van der Waals surface area contributed by atoms with Gasteiger partial charge in [-0.05, 0) is 59.9 Å². The number of hydrogen-bond donors (Lipinski definition) is 1. The highest BCUT2D eigenvalue weighted by Gasteiger charge is 2.63. The molecular formula is C38H38N5O3Si. The molecule has 3 radical (unpaired) electrons. The van der Waals surface area contributed by atoms with Crippen molar-refractivity contribution in [3.05, 3.63) is 138 Å².